The molecule has 1 N–H and O–H groups in total. The molecule has 0 aromatic rings. The van der Waals surface area contributed by atoms with Crippen LogP contribution in [0.1, 0.15) is 12.8 Å². The second-order valence-electron chi connectivity index (χ2n) is 4.62. The van der Waals surface area contributed by atoms with E-state index in [0.29, 0.717) is 13.0 Å². The SMILES string of the molecule is CN(C)CCCN(C)C(=O)C1CNC(=O)C1. The van der Waals surface area contributed by atoms with Gasteiger partial charge in [0, 0.05) is 26.6 Å². The molecule has 2 amide bonds. The largest absolute Gasteiger partial charge is 0.355 e. The summed E-state index contributed by atoms with van der Waals surface area (Å²) in [5, 5.41) is 2.69. The van der Waals surface area contributed by atoms with Gasteiger partial charge < -0.3 is 15.1 Å². The number of hydrogen-bond donors (Lipinski definition) is 1. The quantitative estimate of drug-likeness (QED) is 0.691. The average Bonchev–Trinajstić information content (AvgIpc) is 2.63. The first kappa shape index (κ1) is 13.0. The van der Waals surface area contributed by atoms with Crippen molar-refractivity contribution in [2.24, 2.45) is 5.92 Å². The smallest absolute Gasteiger partial charge is 0.227 e. The highest BCUT2D eigenvalue weighted by Gasteiger charge is 2.29. The van der Waals surface area contributed by atoms with Crippen LogP contribution in [-0.2, 0) is 9.59 Å². The summed E-state index contributed by atoms with van der Waals surface area (Å²) >= 11 is 0. The summed E-state index contributed by atoms with van der Waals surface area (Å²) in [6.45, 7) is 2.22. The fraction of sp³-hybridized carbons (Fsp3) is 0.818. The van der Waals surface area contributed by atoms with Crippen molar-refractivity contribution >= 4 is 11.8 Å². The Morgan fingerprint density at radius 3 is 2.56 bits per heavy atom. The Balaban J connectivity index is 2.27. The first-order chi connectivity index (χ1) is 7.50. The van der Waals surface area contributed by atoms with E-state index >= 15 is 0 Å². The van der Waals surface area contributed by atoms with Crippen molar-refractivity contribution < 1.29 is 9.59 Å². The summed E-state index contributed by atoms with van der Waals surface area (Å²) in [6.07, 6.45) is 1.31. The highest BCUT2D eigenvalue weighted by Crippen LogP contribution is 2.11. The Labute approximate surface area is 96.8 Å². The lowest BCUT2D eigenvalue weighted by molar-refractivity contribution is -0.134. The second kappa shape index (κ2) is 5.84. The normalized spacial score (nSPS) is 20.0. The van der Waals surface area contributed by atoms with Crippen LogP contribution < -0.4 is 5.32 Å². The van der Waals surface area contributed by atoms with Crippen LogP contribution in [-0.4, -0.2) is 62.4 Å². The van der Waals surface area contributed by atoms with Gasteiger partial charge in [0.2, 0.25) is 11.8 Å². The predicted molar refractivity (Wildman–Crippen MR) is 61.9 cm³/mol. The van der Waals surface area contributed by atoms with E-state index < -0.39 is 0 Å². The lowest BCUT2D eigenvalue weighted by atomic mass is 10.1. The van der Waals surface area contributed by atoms with E-state index in [1.807, 2.05) is 14.1 Å². The number of hydrogen-bond acceptors (Lipinski definition) is 3. The molecule has 92 valence electrons. The van der Waals surface area contributed by atoms with E-state index in [4.69, 9.17) is 0 Å². The standard InChI is InChI=1S/C11H21N3O2/c1-13(2)5-4-6-14(3)11(16)9-7-10(15)12-8-9/h9H,4-8H2,1-3H3,(H,12,15). The maximum Gasteiger partial charge on any atom is 0.227 e. The molecule has 0 aromatic heterocycles. The zero-order valence-corrected chi connectivity index (χ0v) is 10.3. The molecule has 1 fully saturated rings. The van der Waals surface area contributed by atoms with Crippen LogP contribution in [0.2, 0.25) is 0 Å². The first-order valence-electron chi connectivity index (χ1n) is 5.67. The third kappa shape index (κ3) is 3.81. The first-order valence-corrected chi connectivity index (χ1v) is 5.67. The van der Waals surface area contributed by atoms with Crippen molar-refractivity contribution in [1.29, 1.82) is 0 Å². The van der Waals surface area contributed by atoms with Crippen LogP contribution >= 0.6 is 0 Å². The third-order valence-corrected chi connectivity index (χ3v) is 2.80. The van der Waals surface area contributed by atoms with E-state index in [1.165, 1.54) is 0 Å². The summed E-state index contributed by atoms with van der Waals surface area (Å²) in [4.78, 5) is 26.7. The Morgan fingerprint density at radius 1 is 1.38 bits per heavy atom. The van der Waals surface area contributed by atoms with Gasteiger partial charge in [0.15, 0.2) is 0 Å². The van der Waals surface area contributed by atoms with Crippen molar-refractivity contribution in [3.8, 4) is 0 Å². The molecule has 0 saturated carbocycles. The molecule has 0 spiro atoms. The van der Waals surface area contributed by atoms with Crippen LogP contribution in [0.15, 0.2) is 0 Å². The zero-order valence-electron chi connectivity index (χ0n) is 10.3. The predicted octanol–water partition coefficient (Wildman–Crippen LogP) is -0.467. The van der Waals surface area contributed by atoms with Gasteiger partial charge in [-0.2, -0.15) is 0 Å². The van der Waals surface area contributed by atoms with Gasteiger partial charge in [-0.25, -0.2) is 0 Å². The lowest BCUT2D eigenvalue weighted by Crippen LogP contribution is -2.35. The highest BCUT2D eigenvalue weighted by atomic mass is 16.2. The van der Waals surface area contributed by atoms with E-state index in [-0.39, 0.29) is 17.7 Å². The minimum atomic E-state index is -0.156. The van der Waals surface area contributed by atoms with Crippen LogP contribution in [0.3, 0.4) is 0 Å². The highest BCUT2D eigenvalue weighted by molar-refractivity contribution is 5.89. The van der Waals surface area contributed by atoms with Crippen LogP contribution in [0.4, 0.5) is 0 Å². The minimum absolute atomic E-state index is 0.0139. The van der Waals surface area contributed by atoms with E-state index in [2.05, 4.69) is 10.2 Å². The topological polar surface area (TPSA) is 52.6 Å². The van der Waals surface area contributed by atoms with Crippen molar-refractivity contribution in [3.63, 3.8) is 0 Å². The molecule has 0 bridgehead atoms. The van der Waals surface area contributed by atoms with Gasteiger partial charge >= 0.3 is 0 Å². The molecule has 1 aliphatic rings. The molecule has 1 unspecified atom stereocenters. The number of carbonyl (C=O) groups is 2. The molecule has 16 heavy (non-hydrogen) atoms. The molecular weight excluding hydrogens is 206 g/mol. The molecule has 1 rings (SSSR count). The molecule has 1 aliphatic heterocycles. The summed E-state index contributed by atoms with van der Waals surface area (Å²) in [5.74, 6) is -0.0889. The zero-order chi connectivity index (χ0) is 12.1. The van der Waals surface area contributed by atoms with Crippen LogP contribution in [0, 0.1) is 5.92 Å². The van der Waals surface area contributed by atoms with Crippen molar-refractivity contribution in [1.82, 2.24) is 15.1 Å². The van der Waals surface area contributed by atoms with Crippen LogP contribution in [0.25, 0.3) is 0 Å². The Hall–Kier alpha value is -1.10. The number of carbonyl (C=O) groups excluding carboxylic acids is 2. The summed E-state index contributed by atoms with van der Waals surface area (Å²) in [5.41, 5.74) is 0. The van der Waals surface area contributed by atoms with Gasteiger partial charge in [0.25, 0.3) is 0 Å². The number of rotatable bonds is 5. The van der Waals surface area contributed by atoms with E-state index in [1.54, 1.807) is 11.9 Å². The molecule has 0 aromatic carbocycles. The maximum atomic E-state index is 11.9. The Morgan fingerprint density at radius 2 is 2.06 bits per heavy atom. The molecule has 0 aliphatic carbocycles. The monoisotopic (exact) mass is 227 g/mol. The van der Waals surface area contributed by atoms with Crippen molar-refractivity contribution in [3.05, 3.63) is 0 Å². The van der Waals surface area contributed by atoms with E-state index in [0.717, 1.165) is 19.5 Å². The van der Waals surface area contributed by atoms with Crippen molar-refractivity contribution in [2.75, 3.05) is 40.8 Å². The maximum absolute atomic E-state index is 11.9. The van der Waals surface area contributed by atoms with Gasteiger partial charge in [-0.3, -0.25) is 9.59 Å². The molecular formula is C11H21N3O2. The van der Waals surface area contributed by atoms with Gasteiger partial charge in [0.1, 0.15) is 0 Å². The Bertz CT molecular complexity index is 266. The molecule has 1 heterocycles. The van der Waals surface area contributed by atoms with E-state index in [9.17, 15) is 9.59 Å². The Kier molecular flexibility index (Phi) is 4.73. The summed E-state index contributed by atoms with van der Waals surface area (Å²) < 4.78 is 0. The summed E-state index contributed by atoms with van der Waals surface area (Å²) in [7, 11) is 5.84. The van der Waals surface area contributed by atoms with Gasteiger partial charge in [0.05, 0.1) is 5.92 Å². The third-order valence-electron chi connectivity index (χ3n) is 2.80. The van der Waals surface area contributed by atoms with Gasteiger partial charge in [-0.15, -0.1) is 0 Å². The van der Waals surface area contributed by atoms with Crippen LogP contribution in [0.5, 0.6) is 0 Å². The van der Waals surface area contributed by atoms with Gasteiger partial charge in [-0.05, 0) is 27.1 Å². The number of amides is 2. The fourth-order valence-electron chi connectivity index (χ4n) is 1.83. The van der Waals surface area contributed by atoms with Gasteiger partial charge in [-0.1, -0.05) is 0 Å². The average molecular weight is 227 g/mol. The fourth-order valence-corrected chi connectivity index (χ4v) is 1.83. The number of nitrogens with zero attached hydrogens (tertiary/aromatic N) is 2. The molecule has 5 nitrogen and oxygen atoms in total. The molecule has 0 radical (unpaired) electrons. The number of nitrogens with one attached hydrogen (secondary N) is 1. The summed E-state index contributed by atoms with van der Waals surface area (Å²) in [6, 6.07) is 0. The second-order valence-corrected chi connectivity index (χ2v) is 4.62. The molecule has 1 atom stereocenters. The van der Waals surface area contributed by atoms with Crippen molar-refractivity contribution in [2.45, 2.75) is 12.8 Å². The molecule has 5 heteroatoms. The minimum Gasteiger partial charge on any atom is -0.355 e. The molecule has 1 saturated heterocycles. The lowest BCUT2D eigenvalue weighted by Gasteiger charge is -2.21.